The van der Waals surface area contributed by atoms with E-state index in [1.807, 2.05) is 6.92 Å². The van der Waals surface area contributed by atoms with Crippen LogP contribution in [-0.4, -0.2) is 11.1 Å². The lowest BCUT2D eigenvalue weighted by molar-refractivity contribution is 0.543. The first kappa shape index (κ1) is 10.8. The van der Waals surface area contributed by atoms with Crippen molar-refractivity contribution in [2.45, 2.75) is 13.0 Å². The van der Waals surface area contributed by atoms with Crippen LogP contribution in [0.1, 0.15) is 13.0 Å². The van der Waals surface area contributed by atoms with Crippen molar-refractivity contribution in [3.8, 4) is 0 Å². The fourth-order valence-electron chi connectivity index (χ4n) is 1.69. The maximum atomic E-state index is 13.0. The van der Waals surface area contributed by atoms with E-state index in [4.69, 9.17) is 5.73 Å². The Morgan fingerprint density at radius 1 is 1.44 bits per heavy atom. The summed E-state index contributed by atoms with van der Waals surface area (Å²) in [6.07, 6.45) is 1.65. The van der Waals surface area contributed by atoms with Gasteiger partial charge < -0.3 is 10.3 Å². The molecular weight excluding hydrogens is 207 g/mol. The van der Waals surface area contributed by atoms with E-state index in [0.717, 1.165) is 0 Å². The minimum absolute atomic E-state index is 0.0537. The van der Waals surface area contributed by atoms with Gasteiger partial charge in [0.2, 0.25) is 0 Å². The highest BCUT2D eigenvalue weighted by Crippen LogP contribution is 2.12. The molecule has 2 aromatic rings. The number of nitrogens with two attached hydrogens (primary N) is 1. The number of hydrogen-bond donors (Lipinski definition) is 1. The van der Waals surface area contributed by atoms with Crippen LogP contribution in [-0.2, 0) is 0 Å². The number of fused-ring (bicyclic) bond motifs is 1. The molecule has 16 heavy (non-hydrogen) atoms. The fourth-order valence-corrected chi connectivity index (χ4v) is 1.69. The van der Waals surface area contributed by atoms with Gasteiger partial charge in [0.1, 0.15) is 5.82 Å². The third kappa shape index (κ3) is 1.72. The van der Waals surface area contributed by atoms with Crippen molar-refractivity contribution in [2.24, 2.45) is 5.73 Å². The fraction of sp³-hybridized carbons (Fsp3) is 0.250. The van der Waals surface area contributed by atoms with Gasteiger partial charge in [-0.05, 0) is 36.6 Å². The van der Waals surface area contributed by atoms with Gasteiger partial charge in [0.25, 0.3) is 5.56 Å². The van der Waals surface area contributed by atoms with E-state index < -0.39 is 0 Å². The van der Waals surface area contributed by atoms with Crippen LogP contribution >= 0.6 is 0 Å². The maximum Gasteiger partial charge on any atom is 0.258 e. The first-order valence-corrected chi connectivity index (χ1v) is 5.14. The van der Waals surface area contributed by atoms with E-state index in [2.05, 4.69) is 0 Å². The molecule has 1 aromatic heterocycles. The van der Waals surface area contributed by atoms with Gasteiger partial charge in [-0.15, -0.1) is 0 Å². The van der Waals surface area contributed by atoms with E-state index >= 15 is 0 Å². The molecule has 0 saturated heterocycles. The van der Waals surface area contributed by atoms with E-state index in [0.29, 0.717) is 17.3 Å². The van der Waals surface area contributed by atoms with Crippen molar-refractivity contribution in [1.29, 1.82) is 0 Å². The van der Waals surface area contributed by atoms with Gasteiger partial charge in [-0.1, -0.05) is 0 Å². The van der Waals surface area contributed by atoms with E-state index in [-0.39, 0.29) is 17.4 Å². The second kappa shape index (κ2) is 4.06. The Hall–Kier alpha value is -1.68. The lowest BCUT2D eigenvalue weighted by Gasteiger charge is -2.13. The lowest BCUT2D eigenvalue weighted by atomic mass is 10.1. The summed E-state index contributed by atoms with van der Waals surface area (Å²) >= 11 is 0. The third-order valence-corrected chi connectivity index (χ3v) is 2.71. The van der Waals surface area contributed by atoms with Crippen LogP contribution in [0.15, 0.2) is 35.3 Å². The number of hydrogen-bond acceptors (Lipinski definition) is 2. The van der Waals surface area contributed by atoms with Crippen molar-refractivity contribution in [3.63, 3.8) is 0 Å². The quantitative estimate of drug-likeness (QED) is 0.836. The van der Waals surface area contributed by atoms with Crippen LogP contribution in [0.5, 0.6) is 0 Å². The van der Waals surface area contributed by atoms with Crippen molar-refractivity contribution in [1.82, 2.24) is 4.57 Å². The molecule has 0 amide bonds. The van der Waals surface area contributed by atoms with Crippen molar-refractivity contribution >= 4 is 10.8 Å². The summed E-state index contributed by atoms with van der Waals surface area (Å²) < 4.78 is 14.5. The predicted octanol–water partition coefficient (Wildman–Crippen LogP) is 1.66. The van der Waals surface area contributed by atoms with Gasteiger partial charge >= 0.3 is 0 Å². The molecular formula is C12H13FN2O. The first-order chi connectivity index (χ1) is 7.63. The molecule has 0 fully saturated rings. The molecule has 0 aliphatic heterocycles. The average molecular weight is 220 g/mol. The Labute approximate surface area is 92.3 Å². The summed E-state index contributed by atoms with van der Waals surface area (Å²) in [5, 5.41) is 1.13. The summed E-state index contributed by atoms with van der Waals surface area (Å²) in [5.74, 6) is -0.337. The predicted molar refractivity (Wildman–Crippen MR) is 61.9 cm³/mol. The highest BCUT2D eigenvalue weighted by molar-refractivity contribution is 5.81. The zero-order valence-corrected chi connectivity index (χ0v) is 8.98. The molecule has 1 unspecified atom stereocenters. The van der Waals surface area contributed by atoms with Gasteiger partial charge in [-0.25, -0.2) is 4.39 Å². The van der Waals surface area contributed by atoms with Gasteiger partial charge in [0.05, 0.1) is 0 Å². The van der Waals surface area contributed by atoms with Crippen LogP contribution in [0, 0.1) is 5.82 Å². The second-order valence-electron chi connectivity index (χ2n) is 3.84. The lowest BCUT2D eigenvalue weighted by Crippen LogP contribution is -2.27. The SMILES string of the molecule is CC(CN)n1ccc2cc(F)ccc2c1=O. The Bertz CT molecular complexity index is 577. The smallest absolute Gasteiger partial charge is 0.258 e. The molecule has 3 nitrogen and oxygen atoms in total. The standard InChI is InChI=1S/C12H13FN2O/c1-8(7-14)15-5-4-9-6-10(13)2-3-11(9)12(15)16/h2-6,8H,7,14H2,1H3. The van der Waals surface area contributed by atoms with E-state index in [1.165, 1.54) is 18.2 Å². The zero-order chi connectivity index (χ0) is 11.7. The summed E-state index contributed by atoms with van der Waals surface area (Å²) in [7, 11) is 0. The monoisotopic (exact) mass is 220 g/mol. The average Bonchev–Trinajstić information content (AvgIpc) is 2.28. The largest absolute Gasteiger partial charge is 0.328 e. The minimum Gasteiger partial charge on any atom is -0.328 e. The summed E-state index contributed by atoms with van der Waals surface area (Å²) in [6, 6.07) is 5.83. The number of aromatic nitrogens is 1. The van der Waals surface area contributed by atoms with Gasteiger partial charge in [-0.2, -0.15) is 0 Å². The molecule has 1 atom stereocenters. The molecule has 0 aliphatic rings. The van der Waals surface area contributed by atoms with Crippen LogP contribution in [0.3, 0.4) is 0 Å². The zero-order valence-electron chi connectivity index (χ0n) is 8.98. The molecule has 1 heterocycles. The van der Waals surface area contributed by atoms with Crippen LogP contribution in [0.2, 0.25) is 0 Å². The number of nitrogens with zero attached hydrogens (tertiary/aromatic N) is 1. The Morgan fingerprint density at radius 2 is 2.19 bits per heavy atom. The molecule has 0 aliphatic carbocycles. The molecule has 0 spiro atoms. The van der Waals surface area contributed by atoms with Crippen molar-refractivity contribution in [2.75, 3.05) is 6.54 Å². The van der Waals surface area contributed by atoms with E-state index in [9.17, 15) is 9.18 Å². The topological polar surface area (TPSA) is 48.0 Å². The molecule has 4 heteroatoms. The number of benzene rings is 1. The Balaban J connectivity index is 2.71. The van der Waals surface area contributed by atoms with Crippen LogP contribution in [0.25, 0.3) is 10.8 Å². The first-order valence-electron chi connectivity index (χ1n) is 5.14. The Kier molecular flexibility index (Phi) is 2.75. The summed E-state index contributed by atoms with van der Waals surface area (Å²) in [6.45, 7) is 2.27. The molecule has 0 bridgehead atoms. The van der Waals surface area contributed by atoms with Gasteiger partial charge in [0, 0.05) is 24.2 Å². The molecule has 1 aromatic carbocycles. The molecule has 84 valence electrons. The number of rotatable bonds is 2. The molecule has 2 rings (SSSR count). The molecule has 0 saturated carbocycles. The maximum absolute atomic E-state index is 13.0. The van der Waals surface area contributed by atoms with Gasteiger partial charge in [0.15, 0.2) is 0 Å². The normalized spacial score (nSPS) is 12.9. The van der Waals surface area contributed by atoms with Crippen LogP contribution in [0.4, 0.5) is 4.39 Å². The number of halogens is 1. The third-order valence-electron chi connectivity index (χ3n) is 2.71. The second-order valence-corrected chi connectivity index (χ2v) is 3.84. The molecule has 0 radical (unpaired) electrons. The Morgan fingerprint density at radius 3 is 2.88 bits per heavy atom. The van der Waals surface area contributed by atoms with Gasteiger partial charge in [-0.3, -0.25) is 4.79 Å². The summed E-state index contributed by atoms with van der Waals surface area (Å²) in [4.78, 5) is 12.0. The van der Waals surface area contributed by atoms with Crippen molar-refractivity contribution < 1.29 is 4.39 Å². The van der Waals surface area contributed by atoms with Crippen molar-refractivity contribution in [3.05, 3.63) is 46.6 Å². The summed E-state index contributed by atoms with van der Waals surface area (Å²) in [5.41, 5.74) is 5.39. The minimum atomic E-state index is -0.337. The highest BCUT2D eigenvalue weighted by atomic mass is 19.1. The highest BCUT2D eigenvalue weighted by Gasteiger charge is 2.07. The van der Waals surface area contributed by atoms with Crippen LogP contribution < -0.4 is 11.3 Å². The number of pyridine rings is 1. The molecule has 2 N–H and O–H groups in total. The van der Waals surface area contributed by atoms with E-state index in [1.54, 1.807) is 16.8 Å².